The molecular formula is C16H14N2O3. The second-order valence-electron chi connectivity index (χ2n) is 4.62. The highest BCUT2D eigenvalue weighted by Crippen LogP contribution is 2.32. The molecule has 3 aromatic rings. The highest BCUT2D eigenvalue weighted by atomic mass is 16.5. The van der Waals surface area contributed by atoms with Gasteiger partial charge in [-0.1, -0.05) is 29.4 Å². The molecule has 0 saturated carbocycles. The van der Waals surface area contributed by atoms with Crippen molar-refractivity contribution in [1.29, 1.82) is 0 Å². The van der Waals surface area contributed by atoms with Gasteiger partial charge in [-0.3, -0.25) is 0 Å². The third kappa shape index (κ3) is 2.45. The fourth-order valence-electron chi connectivity index (χ4n) is 2.09. The molecule has 0 bridgehead atoms. The minimum atomic E-state index is 0.0364. The summed E-state index contributed by atoms with van der Waals surface area (Å²) in [6, 6.07) is 12.7. The van der Waals surface area contributed by atoms with E-state index in [1.807, 2.05) is 31.2 Å². The summed E-state index contributed by atoms with van der Waals surface area (Å²) in [5, 5.41) is 14.0. The predicted octanol–water partition coefficient (Wildman–Crippen LogP) is 3.43. The number of ether oxygens (including phenoxy) is 1. The van der Waals surface area contributed by atoms with E-state index < -0.39 is 0 Å². The zero-order chi connectivity index (χ0) is 14.8. The number of aryl methyl sites for hydroxylation is 1. The largest absolute Gasteiger partial charge is 0.507 e. The van der Waals surface area contributed by atoms with Crippen LogP contribution in [0.4, 0.5) is 0 Å². The number of aromatic hydroxyl groups is 1. The van der Waals surface area contributed by atoms with Gasteiger partial charge < -0.3 is 14.4 Å². The molecule has 0 aliphatic rings. The number of phenolic OH excluding ortho intramolecular Hbond substituents is 1. The standard InChI is InChI=1S/C16H14N2O3/c1-10-5-3-4-6-12(10)15-17-16(21-18-15)13-8-7-11(20-2)9-14(13)19/h3-9,19H,1-2H3. The van der Waals surface area contributed by atoms with E-state index >= 15 is 0 Å². The minimum absolute atomic E-state index is 0.0364. The number of nitrogens with zero attached hydrogens (tertiary/aromatic N) is 2. The molecule has 106 valence electrons. The van der Waals surface area contributed by atoms with E-state index in [1.54, 1.807) is 12.1 Å². The first kappa shape index (κ1) is 13.2. The van der Waals surface area contributed by atoms with Crippen LogP contribution in [0.5, 0.6) is 11.5 Å². The van der Waals surface area contributed by atoms with Gasteiger partial charge in [0.1, 0.15) is 11.5 Å². The fourth-order valence-corrected chi connectivity index (χ4v) is 2.09. The first-order valence-electron chi connectivity index (χ1n) is 6.46. The summed E-state index contributed by atoms with van der Waals surface area (Å²) in [4.78, 5) is 4.35. The normalized spacial score (nSPS) is 10.6. The lowest BCUT2D eigenvalue weighted by Crippen LogP contribution is -1.86. The molecule has 5 heteroatoms. The summed E-state index contributed by atoms with van der Waals surface area (Å²) in [6.07, 6.45) is 0. The molecule has 21 heavy (non-hydrogen) atoms. The van der Waals surface area contributed by atoms with E-state index in [1.165, 1.54) is 13.2 Å². The summed E-state index contributed by atoms with van der Waals surface area (Å²) in [5.74, 6) is 1.37. The van der Waals surface area contributed by atoms with Crippen molar-refractivity contribution in [2.75, 3.05) is 7.11 Å². The van der Waals surface area contributed by atoms with Gasteiger partial charge in [0.05, 0.1) is 12.7 Å². The average Bonchev–Trinajstić information content (AvgIpc) is 2.97. The van der Waals surface area contributed by atoms with Gasteiger partial charge in [-0.05, 0) is 24.6 Å². The molecule has 0 saturated heterocycles. The molecule has 3 rings (SSSR count). The third-order valence-corrected chi connectivity index (χ3v) is 3.25. The van der Waals surface area contributed by atoms with Crippen molar-refractivity contribution < 1.29 is 14.4 Å². The molecular weight excluding hydrogens is 268 g/mol. The molecule has 0 fully saturated rings. The Hall–Kier alpha value is -2.82. The van der Waals surface area contributed by atoms with Gasteiger partial charge in [0.2, 0.25) is 5.82 Å². The van der Waals surface area contributed by atoms with E-state index in [4.69, 9.17) is 9.26 Å². The zero-order valence-electron chi connectivity index (χ0n) is 11.7. The van der Waals surface area contributed by atoms with Gasteiger partial charge >= 0.3 is 0 Å². The summed E-state index contributed by atoms with van der Waals surface area (Å²) in [7, 11) is 1.54. The van der Waals surface area contributed by atoms with Gasteiger partial charge in [-0.2, -0.15) is 4.98 Å². The molecule has 0 amide bonds. The van der Waals surface area contributed by atoms with Gasteiger partial charge in [0.15, 0.2) is 0 Å². The molecule has 0 atom stereocenters. The van der Waals surface area contributed by atoms with Crippen LogP contribution in [-0.2, 0) is 0 Å². The van der Waals surface area contributed by atoms with Crippen molar-refractivity contribution >= 4 is 0 Å². The van der Waals surface area contributed by atoms with E-state index in [0.29, 0.717) is 17.1 Å². The maximum atomic E-state index is 10.0. The number of phenols is 1. The molecule has 0 aliphatic carbocycles. The lowest BCUT2D eigenvalue weighted by Gasteiger charge is -2.02. The molecule has 1 aromatic heterocycles. The highest BCUT2D eigenvalue weighted by molar-refractivity contribution is 5.67. The van der Waals surface area contributed by atoms with Gasteiger partial charge in [-0.25, -0.2) is 0 Å². The fraction of sp³-hybridized carbons (Fsp3) is 0.125. The second-order valence-corrected chi connectivity index (χ2v) is 4.62. The van der Waals surface area contributed by atoms with Crippen molar-refractivity contribution in [2.45, 2.75) is 6.92 Å². The van der Waals surface area contributed by atoms with Crippen molar-refractivity contribution in [2.24, 2.45) is 0 Å². The van der Waals surface area contributed by atoms with Crippen LogP contribution in [-0.4, -0.2) is 22.4 Å². The maximum Gasteiger partial charge on any atom is 0.262 e. The minimum Gasteiger partial charge on any atom is -0.507 e. The zero-order valence-corrected chi connectivity index (χ0v) is 11.7. The van der Waals surface area contributed by atoms with Gasteiger partial charge in [0.25, 0.3) is 5.89 Å². The van der Waals surface area contributed by atoms with Crippen LogP contribution in [0.1, 0.15) is 5.56 Å². The average molecular weight is 282 g/mol. The Morgan fingerprint density at radius 3 is 2.62 bits per heavy atom. The molecule has 0 radical (unpaired) electrons. The van der Waals surface area contributed by atoms with Crippen LogP contribution in [0.25, 0.3) is 22.8 Å². The Bertz CT molecular complexity index is 781. The first-order chi connectivity index (χ1) is 10.2. The van der Waals surface area contributed by atoms with Gasteiger partial charge in [0, 0.05) is 11.6 Å². The number of methoxy groups -OCH3 is 1. The molecule has 1 N–H and O–H groups in total. The first-order valence-corrected chi connectivity index (χ1v) is 6.46. The Kier molecular flexibility index (Phi) is 3.31. The topological polar surface area (TPSA) is 68.4 Å². The predicted molar refractivity (Wildman–Crippen MR) is 78.1 cm³/mol. The molecule has 0 aliphatic heterocycles. The maximum absolute atomic E-state index is 10.0. The number of aromatic nitrogens is 2. The van der Waals surface area contributed by atoms with Crippen LogP contribution in [0.3, 0.4) is 0 Å². The molecule has 2 aromatic carbocycles. The summed E-state index contributed by atoms with van der Waals surface area (Å²) >= 11 is 0. The Labute approximate surface area is 121 Å². The Morgan fingerprint density at radius 1 is 1.10 bits per heavy atom. The third-order valence-electron chi connectivity index (χ3n) is 3.25. The van der Waals surface area contributed by atoms with Crippen molar-refractivity contribution in [3.05, 3.63) is 48.0 Å². The van der Waals surface area contributed by atoms with Crippen LogP contribution in [0, 0.1) is 6.92 Å². The second kappa shape index (κ2) is 5.28. The summed E-state index contributed by atoms with van der Waals surface area (Å²) in [6.45, 7) is 1.98. The smallest absolute Gasteiger partial charge is 0.262 e. The number of hydrogen-bond donors (Lipinski definition) is 1. The lowest BCUT2D eigenvalue weighted by atomic mass is 10.1. The van der Waals surface area contributed by atoms with E-state index in [2.05, 4.69) is 10.1 Å². The Balaban J connectivity index is 2.01. The molecule has 0 spiro atoms. The SMILES string of the molecule is COc1ccc(-c2nc(-c3ccccc3C)no2)c(O)c1. The molecule has 0 unspecified atom stereocenters. The number of hydrogen-bond acceptors (Lipinski definition) is 5. The quantitative estimate of drug-likeness (QED) is 0.797. The van der Waals surface area contributed by atoms with Crippen molar-refractivity contribution in [3.8, 4) is 34.3 Å². The van der Waals surface area contributed by atoms with E-state index in [9.17, 15) is 5.11 Å². The molecule has 1 heterocycles. The van der Waals surface area contributed by atoms with Crippen molar-refractivity contribution in [1.82, 2.24) is 10.1 Å². The van der Waals surface area contributed by atoms with Crippen molar-refractivity contribution in [3.63, 3.8) is 0 Å². The van der Waals surface area contributed by atoms with Crippen LogP contribution >= 0.6 is 0 Å². The Morgan fingerprint density at radius 2 is 1.90 bits per heavy atom. The number of rotatable bonds is 3. The van der Waals surface area contributed by atoms with Crippen LogP contribution in [0.15, 0.2) is 47.0 Å². The van der Waals surface area contributed by atoms with E-state index in [0.717, 1.165) is 11.1 Å². The molecule has 5 nitrogen and oxygen atoms in total. The van der Waals surface area contributed by atoms with E-state index in [-0.39, 0.29) is 11.6 Å². The summed E-state index contributed by atoms with van der Waals surface area (Å²) < 4.78 is 10.3. The van der Waals surface area contributed by atoms with Crippen LogP contribution in [0.2, 0.25) is 0 Å². The lowest BCUT2D eigenvalue weighted by molar-refractivity contribution is 0.405. The van der Waals surface area contributed by atoms with Crippen LogP contribution < -0.4 is 4.74 Å². The highest BCUT2D eigenvalue weighted by Gasteiger charge is 2.15. The summed E-state index contributed by atoms with van der Waals surface area (Å²) in [5.41, 5.74) is 2.44. The monoisotopic (exact) mass is 282 g/mol. The number of benzene rings is 2. The van der Waals surface area contributed by atoms with Gasteiger partial charge in [-0.15, -0.1) is 0 Å².